The van der Waals surface area contributed by atoms with Gasteiger partial charge in [-0.25, -0.2) is 0 Å². The highest BCUT2D eigenvalue weighted by Crippen LogP contribution is 2.19. The molecule has 70 heavy (non-hydrogen) atoms. The highest BCUT2D eigenvalue weighted by molar-refractivity contribution is 5.71. The lowest BCUT2D eigenvalue weighted by atomic mass is 9.99. The number of rotatable bonds is 58. The summed E-state index contributed by atoms with van der Waals surface area (Å²) < 4.78 is 17.0. The number of hydrogen-bond donors (Lipinski definition) is 0. The van der Waals surface area contributed by atoms with Gasteiger partial charge in [-0.15, -0.1) is 0 Å². The number of esters is 3. The normalized spacial score (nSPS) is 12.4. The van der Waals surface area contributed by atoms with Crippen molar-refractivity contribution in [2.45, 2.75) is 368 Å². The molecule has 0 amide bonds. The third kappa shape index (κ3) is 55.7. The molecular weight excluding hydrogens is 865 g/mol. The van der Waals surface area contributed by atoms with Crippen molar-refractivity contribution in [3.05, 3.63) is 0 Å². The maximum Gasteiger partial charge on any atom is 0.306 e. The Kier molecular flexibility index (Phi) is 55.4. The van der Waals surface area contributed by atoms with E-state index in [9.17, 15) is 14.4 Å². The molecule has 0 heterocycles. The lowest BCUT2D eigenvalue weighted by Crippen LogP contribution is -2.30. The van der Waals surface area contributed by atoms with Gasteiger partial charge in [0.05, 0.1) is 0 Å². The highest BCUT2D eigenvalue weighted by Gasteiger charge is 2.19. The molecule has 0 aromatic heterocycles. The summed E-state index contributed by atoms with van der Waals surface area (Å²) in [5, 5.41) is 0. The fourth-order valence-electron chi connectivity index (χ4n) is 9.90. The standard InChI is InChI=1S/C64H124O6/c1-6-8-9-10-11-12-13-14-15-16-17-18-19-23-29-34-39-44-49-54-62(65)68-57-61(70-64(67)56-51-46-41-36-31-26-25-27-32-37-42-47-52-59(3)4)58-69-63(66)55-50-45-40-35-30-24-21-20-22-28-33-38-43-48-53-60(5)7-2/h59-61H,6-58H2,1-5H3/t60?,61-/m1/s1. The number of carbonyl (C=O) groups is 3. The molecule has 1 unspecified atom stereocenters. The first-order valence-corrected chi connectivity index (χ1v) is 31.8. The predicted molar refractivity (Wildman–Crippen MR) is 303 cm³/mol. The third-order valence-electron chi connectivity index (χ3n) is 15.1. The van der Waals surface area contributed by atoms with Crippen molar-refractivity contribution in [2.24, 2.45) is 11.8 Å². The maximum atomic E-state index is 12.9. The largest absolute Gasteiger partial charge is 0.462 e. The summed E-state index contributed by atoms with van der Waals surface area (Å²) in [5.74, 6) is 0.895. The lowest BCUT2D eigenvalue weighted by Gasteiger charge is -2.18. The van der Waals surface area contributed by atoms with Crippen LogP contribution in [0.3, 0.4) is 0 Å². The van der Waals surface area contributed by atoms with Gasteiger partial charge in [-0.05, 0) is 31.1 Å². The van der Waals surface area contributed by atoms with Crippen LogP contribution < -0.4 is 0 Å². The Labute approximate surface area is 438 Å². The van der Waals surface area contributed by atoms with E-state index in [-0.39, 0.29) is 31.1 Å². The van der Waals surface area contributed by atoms with Crippen molar-refractivity contribution in [1.82, 2.24) is 0 Å². The van der Waals surface area contributed by atoms with Crippen molar-refractivity contribution in [3.8, 4) is 0 Å². The Morgan fingerprint density at radius 2 is 0.543 bits per heavy atom. The number of carbonyl (C=O) groups excluding carboxylic acids is 3. The molecule has 0 bridgehead atoms. The fraction of sp³-hybridized carbons (Fsp3) is 0.953. The zero-order chi connectivity index (χ0) is 51.1. The molecule has 6 heteroatoms. The van der Waals surface area contributed by atoms with Gasteiger partial charge in [0.1, 0.15) is 13.2 Å². The third-order valence-corrected chi connectivity index (χ3v) is 15.1. The van der Waals surface area contributed by atoms with Gasteiger partial charge in [-0.2, -0.15) is 0 Å². The van der Waals surface area contributed by atoms with Crippen LogP contribution in [-0.2, 0) is 28.6 Å². The molecule has 0 aromatic rings. The van der Waals surface area contributed by atoms with Gasteiger partial charge in [0.2, 0.25) is 0 Å². The van der Waals surface area contributed by atoms with Gasteiger partial charge < -0.3 is 14.2 Å². The molecule has 0 spiro atoms. The minimum atomic E-state index is -0.764. The summed E-state index contributed by atoms with van der Waals surface area (Å²) >= 11 is 0. The summed E-state index contributed by atoms with van der Waals surface area (Å²) in [6.07, 6.45) is 62.4. The second-order valence-corrected chi connectivity index (χ2v) is 22.8. The smallest absolute Gasteiger partial charge is 0.306 e. The average Bonchev–Trinajstić information content (AvgIpc) is 3.35. The first-order chi connectivity index (χ1) is 34.3. The van der Waals surface area contributed by atoms with E-state index < -0.39 is 6.10 Å². The Morgan fingerprint density at radius 1 is 0.300 bits per heavy atom. The predicted octanol–water partition coefficient (Wildman–Crippen LogP) is 21.2. The minimum absolute atomic E-state index is 0.0621. The minimum Gasteiger partial charge on any atom is -0.462 e. The van der Waals surface area contributed by atoms with Crippen LogP contribution in [0.5, 0.6) is 0 Å². The van der Waals surface area contributed by atoms with E-state index in [4.69, 9.17) is 14.2 Å². The van der Waals surface area contributed by atoms with E-state index in [1.807, 2.05) is 0 Å². The quantitative estimate of drug-likeness (QED) is 0.0343. The summed E-state index contributed by atoms with van der Waals surface area (Å²) in [6.45, 7) is 11.5. The van der Waals surface area contributed by atoms with E-state index in [0.29, 0.717) is 19.3 Å². The number of unbranched alkanes of at least 4 members (excludes halogenated alkanes) is 42. The van der Waals surface area contributed by atoms with Crippen LogP contribution in [0, 0.1) is 11.8 Å². The van der Waals surface area contributed by atoms with Crippen LogP contribution in [-0.4, -0.2) is 37.2 Å². The second-order valence-electron chi connectivity index (χ2n) is 22.8. The van der Waals surface area contributed by atoms with Crippen molar-refractivity contribution < 1.29 is 28.6 Å². The zero-order valence-electron chi connectivity index (χ0n) is 48.2. The van der Waals surface area contributed by atoms with Crippen LogP contribution in [0.4, 0.5) is 0 Å². The topological polar surface area (TPSA) is 78.9 Å². The molecule has 0 saturated heterocycles. The SMILES string of the molecule is CCCCCCCCCCCCCCCCCCCCCC(=O)OC[C@H](COC(=O)CCCCCCCCCCCCCCCCC(C)CC)OC(=O)CCCCCCCCCCCCCCC(C)C. The molecule has 0 N–H and O–H groups in total. The van der Waals surface area contributed by atoms with Gasteiger partial charge in [-0.3, -0.25) is 14.4 Å². The zero-order valence-corrected chi connectivity index (χ0v) is 48.2. The Hall–Kier alpha value is -1.59. The molecule has 0 aromatic carbocycles. The van der Waals surface area contributed by atoms with E-state index in [1.54, 1.807) is 0 Å². The van der Waals surface area contributed by atoms with E-state index in [1.165, 1.54) is 250 Å². The lowest BCUT2D eigenvalue weighted by molar-refractivity contribution is -0.167. The van der Waals surface area contributed by atoms with E-state index >= 15 is 0 Å². The van der Waals surface area contributed by atoms with E-state index in [0.717, 1.165) is 69.6 Å². The van der Waals surface area contributed by atoms with Gasteiger partial charge in [-0.1, -0.05) is 324 Å². The molecule has 0 aliphatic rings. The molecule has 6 nitrogen and oxygen atoms in total. The maximum absolute atomic E-state index is 12.9. The van der Waals surface area contributed by atoms with Gasteiger partial charge in [0.25, 0.3) is 0 Å². The number of hydrogen-bond acceptors (Lipinski definition) is 6. The monoisotopic (exact) mass is 989 g/mol. The Balaban J connectivity index is 4.28. The van der Waals surface area contributed by atoms with Gasteiger partial charge in [0.15, 0.2) is 6.10 Å². The first-order valence-electron chi connectivity index (χ1n) is 31.8. The molecule has 0 aliphatic heterocycles. The molecule has 416 valence electrons. The summed E-state index contributed by atoms with van der Waals surface area (Å²) in [7, 11) is 0. The van der Waals surface area contributed by atoms with Crippen molar-refractivity contribution in [1.29, 1.82) is 0 Å². The summed E-state index contributed by atoms with van der Waals surface area (Å²) in [4.78, 5) is 38.3. The van der Waals surface area contributed by atoms with Crippen molar-refractivity contribution in [2.75, 3.05) is 13.2 Å². The van der Waals surface area contributed by atoms with Crippen LogP contribution >= 0.6 is 0 Å². The summed E-state index contributed by atoms with van der Waals surface area (Å²) in [5.41, 5.74) is 0. The fourth-order valence-corrected chi connectivity index (χ4v) is 9.90. The Morgan fingerprint density at radius 3 is 0.814 bits per heavy atom. The van der Waals surface area contributed by atoms with Crippen LogP contribution in [0.15, 0.2) is 0 Å². The molecule has 0 aliphatic carbocycles. The van der Waals surface area contributed by atoms with Gasteiger partial charge in [0, 0.05) is 19.3 Å². The van der Waals surface area contributed by atoms with Crippen LogP contribution in [0.2, 0.25) is 0 Å². The molecular formula is C64H124O6. The van der Waals surface area contributed by atoms with Crippen molar-refractivity contribution >= 4 is 17.9 Å². The molecule has 0 saturated carbocycles. The molecule has 2 atom stereocenters. The van der Waals surface area contributed by atoms with Crippen LogP contribution in [0.25, 0.3) is 0 Å². The average molecular weight is 990 g/mol. The molecule has 0 radical (unpaired) electrons. The highest BCUT2D eigenvalue weighted by atomic mass is 16.6. The van der Waals surface area contributed by atoms with Crippen LogP contribution in [0.1, 0.15) is 362 Å². The molecule has 0 fully saturated rings. The summed E-state index contributed by atoms with van der Waals surface area (Å²) in [6, 6.07) is 0. The first kappa shape index (κ1) is 68.4. The van der Waals surface area contributed by atoms with Gasteiger partial charge >= 0.3 is 17.9 Å². The van der Waals surface area contributed by atoms with E-state index in [2.05, 4.69) is 34.6 Å². The number of ether oxygens (including phenoxy) is 3. The second kappa shape index (κ2) is 56.7. The van der Waals surface area contributed by atoms with Crippen molar-refractivity contribution in [3.63, 3.8) is 0 Å². The Bertz CT molecular complexity index is 1070. The molecule has 0 rings (SSSR count).